The van der Waals surface area contributed by atoms with Crippen LogP contribution in [0.2, 0.25) is 0 Å². The maximum Gasteiger partial charge on any atom is 0.344 e. The van der Waals surface area contributed by atoms with Crippen LogP contribution in [-0.2, 0) is 11.2 Å². The first-order chi connectivity index (χ1) is 20.1. The van der Waals surface area contributed by atoms with Gasteiger partial charge in [-0.2, -0.15) is 0 Å². The molecule has 7 nitrogen and oxygen atoms in total. The van der Waals surface area contributed by atoms with Gasteiger partial charge in [-0.25, -0.2) is 9.59 Å². The van der Waals surface area contributed by atoms with Crippen molar-refractivity contribution in [2.75, 3.05) is 13.2 Å². The van der Waals surface area contributed by atoms with Crippen molar-refractivity contribution in [3.05, 3.63) is 99.6 Å². The van der Waals surface area contributed by atoms with Gasteiger partial charge in [0.05, 0.1) is 30.3 Å². The highest BCUT2D eigenvalue weighted by atomic mass is 16.5. The molecular weight excluding hydrogens is 532 g/mol. The van der Waals surface area contributed by atoms with Crippen LogP contribution in [0, 0.1) is 0 Å². The fourth-order valence-electron chi connectivity index (χ4n) is 5.65. The molecule has 3 aliphatic rings. The molecule has 0 unspecified atom stereocenters. The number of rotatable bonds is 6. The zero-order chi connectivity index (χ0) is 29.6. The molecule has 0 saturated heterocycles. The summed E-state index contributed by atoms with van der Waals surface area (Å²) in [5.41, 5.74) is 4.81. The highest BCUT2D eigenvalue weighted by Gasteiger charge is 2.43. The van der Waals surface area contributed by atoms with Gasteiger partial charge in [0.25, 0.3) is 0 Å². The third-order valence-corrected chi connectivity index (χ3v) is 7.72. The van der Waals surface area contributed by atoms with E-state index in [4.69, 9.17) is 23.7 Å². The van der Waals surface area contributed by atoms with Gasteiger partial charge in [0, 0.05) is 28.3 Å². The van der Waals surface area contributed by atoms with Gasteiger partial charge in [0.1, 0.15) is 34.7 Å². The van der Waals surface area contributed by atoms with E-state index in [0.29, 0.717) is 24.5 Å². The second-order valence-corrected chi connectivity index (χ2v) is 11.5. The van der Waals surface area contributed by atoms with Gasteiger partial charge >= 0.3 is 11.9 Å². The van der Waals surface area contributed by atoms with E-state index in [0.717, 1.165) is 39.3 Å². The lowest BCUT2D eigenvalue weighted by molar-refractivity contribution is 0.0517. The van der Waals surface area contributed by atoms with Crippen LogP contribution in [0.4, 0.5) is 0 Å². The maximum absolute atomic E-state index is 13.4. The summed E-state index contributed by atoms with van der Waals surface area (Å²) in [6.45, 7) is 10.4. The van der Waals surface area contributed by atoms with Crippen molar-refractivity contribution in [2.45, 2.75) is 58.7 Å². The van der Waals surface area contributed by atoms with Crippen LogP contribution < -0.4 is 18.9 Å². The lowest BCUT2D eigenvalue weighted by Gasteiger charge is -2.30. The van der Waals surface area contributed by atoms with Gasteiger partial charge in [-0.15, -0.1) is 0 Å². The first-order valence-electron chi connectivity index (χ1n) is 14.3. The normalized spacial score (nSPS) is 18.6. The molecule has 0 fully saturated rings. The van der Waals surface area contributed by atoms with Gasteiger partial charge in [-0.3, -0.25) is 0 Å². The van der Waals surface area contributed by atoms with Crippen molar-refractivity contribution >= 4 is 18.0 Å². The first-order valence-corrected chi connectivity index (χ1v) is 14.3. The standard InChI is InChI=1S/C35H34O7/c1-6-38-33(36)22-9-7-8-10-23(22)34(37)41-28-14-13-25-31(24(28)12-11-20(2)3)39-19-27-26-17-21-15-16-35(4,5)42-29(21)18-30(26)40-32(25)27/h7-11,13-18,27,32H,6,12,19H2,1-5H3/t27-,32-/m0/s1. The van der Waals surface area contributed by atoms with Gasteiger partial charge in [-0.1, -0.05) is 29.9 Å². The molecule has 0 spiro atoms. The molecule has 3 aliphatic heterocycles. The van der Waals surface area contributed by atoms with Crippen molar-refractivity contribution in [1.29, 1.82) is 0 Å². The number of carbonyl (C=O) groups excluding carboxylic acids is 2. The Labute approximate surface area is 245 Å². The Hall–Kier alpha value is -4.52. The summed E-state index contributed by atoms with van der Waals surface area (Å²) in [4.78, 5) is 25.9. The number of esters is 2. The number of carbonyl (C=O) groups is 2. The molecule has 0 amide bonds. The maximum atomic E-state index is 13.4. The quantitative estimate of drug-likeness (QED) is 0.175. The van der Waals surface area contributed by atoms with Crippen molar-refractivity contribution < 1.29 is 33.3 Å². The number of hydrogen-bond acceptors (Lipinski definition) is 7. The third kappa shape index (κ3) is 5.04. The number of hydrogen-bond donors (Lipinski definition) is 0. The molecule has 3 aromatic rings. The predicted molar refractivity (Wildman–Crippen MR) is 159 cm³/mol. The van der Waals surface area contributed by atoms with Crippen LogP contribution in [-0.4, -0.2) is 30.8 Å². The molecule has 0 aromatic heterocycles. The van der Waals surface area contributed by atoms with E-state index in [2.05, 4.69) is 24.3 Å². The number of fused-ring (bicyclic) bond motifs is 6. The van der Waals surface area contributed by atoms with Crippen LogP contribution in [0.25, 0.3) is 6.08 Å². The van der Waals surface area contributed by atoms with E-state index in [1.807, 2.05) is 39.8 Å². The molecule has 2 atom stereocenters. The topological polar surface area (TPSA) is 80.3 Å². The van der Waals surface area contributed by atoms with E-state index < -0.39 is 11.9 Å². The molecule has 7 heteroatoms. The van der Waals surface area contributed by atoms with E-state index in [1.54, 1.807) is 37.3 Å². The summed E-state index contributed by atoms with van der Waals surface area (Å²) < 4.78 is 30.2. The molecule has 0 N–H and O–H groups in total. The van der Waals surface area contributed by atoms with Crippen LogP contribution in [0.1, 0.15) is 89.6 Å². The Kier molecular flexibility index (Phi) is 7.05. The average Bonchev–Trinajstić information content (AvgIpc) is 3.32. The van der Waals surface area contributed by atoms with Gasteiger partial charge in [-0.05, 0) is 77.4 Å². The predicted octanol–water partition coefficient (Wildman–Crippen LogP) is 7.39. The summed E-state index contributed by atoms with van der Waals surface area (Å²) in [5, 5.41) is 0. The molecule has 6 rings (SSSR count). The summed E-state index contributed by atoms with van der Waals surface area (Å²) in [5.74, 6) is 1.43. The third-order valence-electron chi connectivity index (χ3n) is 7.72. The van der Waals surface area contributed by atoms with Crippen molar-refractivity contribution in [3.8, 4) is 23.0 Å². The van der Waals surface area contributed by atoms with Crippen molar-refractivity contribution in [2.24, 2.45) is 0 Å². The largest absolute Gasteiger partial charge is 0.492 e. The average molecular weight is 567 g/mol. The van der Waals surface area contributed by atoms with E-state index in [1.165, 1.54) is 0 Å². The molecule has 0 bridgehead atoms. The van der Waals surface area contributed by atoms with Crippen LogP contribution in [0.15, 0.2) is 66.3 Å². The molecule has 3 aromatic carbocycles. The molecular formula is C35H34O7. The van der Waals surface area contributed by atoms with Crippen molar-refractivity contribution in [1.82, 2.24) is 0 Å². The van der Waals surface area contributed by atoms with Crippen LogP contribution in [0.3, 0.4) is 0 Å². The summed E-state index contributed by atoms with van der Waals surface area (Å²) in [6, 6.07) is 14.3. The van der Waals surface area contributed by atoms with Crippen LogP contribution in [0.5, 0.6) is 23.0 Å². The second kappa shape index (κ2) is 10.7. The van der Waals surface area contributed by atoms with Gasteiger partial charge < -0.3 is 23.7 Å². The Bertz CT molecular complexity index is 1640. The monoisotopic (exact) mass is 566 g/mol. The molecule has 0 saturated carbocycles. The minimum absolute atomic E-state index is 0.0160. The van der Waals surface area contributed by atoms with Crippen LogP contribution >= 0.6 is 0 Å². The smallest absolute Gasteiger partial charge is 0.344 e. The molecule has 42 heavy (non-hydrogen) atoms. The summed E-state index contributed by atoms with van der Waals surface area (Å²) in [6.07, 6.45) is 6.48. The van der Waals surface area contributed by atoms with E-state index in [9.17, 15) is 9.59 Å². The zero-order valence-electron chi connectivity index (χ0n) is 24.5. The Morgan fingerprint density at radius 2 is 1.76 bits per heavy atom. The van der Waals surface area contributed by atoms with Gasteiger partial charge in [0.2, 0.25) is 0 Å². The van der Waals surface area contributed by atoms with E-state index in [-0.39, 0.29) is 35.4 Å². The minimum Gasteiger partial charge on any atom is -0.492 e. The molecule has 3 heterocycles. The second-order valence-electron chi connectivity index (χ2n) is 11.5. The SMILES string of the molecule is CCOC(=O)c1ccccc1C(=O)Oc1ccc2c(c1CC=C(C)C)OC[C@H]1c3cc4c(cc3O[C@@H]21)OC(C)(C)C=C4. The van der Waals surface area contributed by atoms with E-state index >= 15 is 0 Å². The summed E-state index contributed by atoms with van der Waals surface area (Å²) >= 11 is 0. The first kappa shape index (κ1) is 27.6. The summed E-state index contributed by atoms with van der Waals surface area (Å²) in [7, 11) is 0. The van der Waals surface area contributed by atoms with Gasteiger partial charge in [0.15, 0.2) is 0 Å². The Balaban J connectivity index is 1.34. The Morgan fingerprint density at radius 1 is 1.00 bits per heavy atom. The molecule has 0 aliphatic carbocycles. The molecule has 216 valence electrons. The Morgan fingerprint density at radius 3 is 2.50 bits per heavy atom. The lowest BCUT2D eigenvalue weighted by Crippen LogP contribution is -2.27. The highest BCUT2D eigenvalue weighted by Crippen LogP contribution is 2.54. The molecule has 0 radical (unpaired) electrons. The lowest BCUT2D eigenvalue weighted by atomic mass is 9.86. The number of allylic oxidation sites excluding steroid dienone is 2. The fraction of sp³-hybridized carbons (Fsp3) is 0.314. The highest BCUT2D eigenvalue weighted by molar-refractivity contribution is 6.03. The van der Waals surface area contributed by atoms with Crippen molar-refractivity contribution in [3.63, 3.8) is 0 Å². The minimum atomic E-state index is -0.642. The number of ether oxygens (including phenoxy) is 5. The zero-order valence-corrected chi connectivity index (χ0v) is 24.5. The fourth-order valence-corrected chi connectivity index (χ4v) is 5.65. The number of benzene rings is 3.